The second kappa shape index (κ2) is 6.57. The highest BCUT2D eigenvalue weighted by molar-refractivity contribution is 5.98. The highest BCUT2D eigenvalue weighted by Crippen LogP contribution is 2.15. The molecule has 0 amide bonds. The molecule has 1 N–H and O–H groups in total. The molecule has 0 aliphatic rings. The number of benzene rings is 2. The van der Waals surface area contributed by atoms with Gasteiger partial charge < -0.3 is 9.94 Å². The van der Waals surface area contributed by atoms with E-state index in [1.54, 1.807) is 6.92 Å². The molecule has 0 unspecified atom stereocenters. The lowest BCUT2D eigenvalue weighted by Crippen LogP contribution is -1.97. The lowest BCUT2D eigenvalue weighted by Gasteiger charge is -2.07. The maximum Gasteiger partial charge on any atom is 0.119 e. The monoisotopic (exact) mass is 267 g/mol. The van der Waals surface area contributed by atoms with Crippen molar-refractivity contribution >= 4 is 11.8 Å². The van der Waals surface area contributed by atoms with Crippen LogP contribution in [0.3, 0.4) is 0 Å². The summed E-state index contributed by atoms with van der Waals surface area (Å²) < 4.78 is 5.71. The van der Waals surface area contributed by atoms with Crippen LogP contribution in [0.25, 0.3) is 6.08 Å². The summed E-state index contributed by atoms with van der Waals surface area (Å²) in [5.74, 6) is 0.785. The number of oxime groups is 1. The van der Waals surface area contributed by atoms with Gasteiger partial charge in [0.05, 0.1) is 5.71 Å². The van der Waals surface area contributed by atoms with Crippen LogP contribution in [0.1, 0.15) is 23.6 Å². The zero-order chi connectivity index (χ0) is 14.4. The third kappa shape index (κ3) is 3.48. The molecule has 2 aromatic rings. The topological polar surface area (TPSA) is 41.8 Å². The summed E-state index contributed by atoms with van der Waals surface area (Å²) >= 11 is 0. The van der Waals surface area contributed by atoms with Gasteiger partial charge in [-0.05, 0) is 47.9 Å². The fourth-order valence-electron chi connectivity index (χ4n) is 1.77. The van der Waals surface area contributed by atoms with E-state index in [1.165, 1.54) is 0 Å². The zero-order valence-electron chi connectivity index (χ0n) is 11.4. The quantitative estimate of drug-likeness (QED) is 0.503. The normalized spacial score (nSPS) is 11.2. The molecule has 0 spiro atoms. The van der Waals surface area contributed by atoms with Crippen molar-refractivity contribution in [3.05, 3.63) is 71.8 Å². The van der Waals surface area contributed by atoms with Gasteiger partial charge in [-0.25, -0.2) is 0 Å². The Morgan fingerprint density at radius 3 is 2.35 bits per heavy atom. The molecule has 2 rings (SSSR count). The van der Waals surface area contributed by atoms with E-state index in [0.717, 1.165) is 22.4 Å². The number of hydrogen-bond acceptors (Lipinski definition) is 3. The van der Waals surface area contributed by atoms with Crippen LogP contribution in [0.15, 0.2) is 60.3 Å². The van der Waals surface area contributed by atoms with Crippen molar-refractivity contribution in [2.45, 2.75) is 13.5 Å². The predicted octanol–water partition coefficient (Wildman–Crippen LogP) is 4.11. The Morgan fingerprint density at radius 1 is 1.15 bits per heavy atom. The molecule has 0 aromatic heterocycles. The van der Waals surface area contributed by atoms with E-state index in [-0.39, 0.29) is 0 Å². The van der Waals surface area contributed by atoms with Gasteiger partial charge in [0.25, 0.3) is 0 Å². The highest BCUT2D eigenvalue weighted by Gasteiger charge is 2.00. The first-order chi connectivity index (χ1) is 9.72. The van der Waals surface area contributed by atoms with E-state index in [4.69, 9.17) is 9.94 Å². The van der Waals surface area contributed by atoms with Gasteiger partial charge in [-0.15, -0.1) is 0 Å². The summed E-state index contributed by atoms with van der Waals surface area (Å²) in [6, 6.07) is 15.5. The fourth-order valence-corrected chi connectivity index (χ4v) is 1.77. The van der Waals surface area contributed by atoms with E-state index >= 15 is 0 Å². The van der Waals surface area contributed by atoms with Gasteiger partial charge in [-0.1, -0.05) is 42.1 Å². The van der Waals surface area contributed by atoms with E-state index in [0.29, 0.717) is 12.3 Å². The van der Waals surface area contributed by atoms with Crippen molar-refractivity contribution in [2.24, 2.45) is 5.16 Å². The van der Waals surface area contributed by atoms with Crippen LogP contribution in [-0.2, 0) is 6.61 Å². The second-order valence-electron chi connectivity index (χ2n) is 4.44. The lowest BCUT2D eigenvalue weighted by molar-refractivity contribution is 0.306. The molecule has 0 aliphatic carbocycles. The molecule has 0 saturated carbocycles. The molecule has 3 nitrogen and oxygen atoms in total. The van der Waals surface area contributed by atoms with Gasteiger partial charge in [-0.3, -0.25) is 0 Å². The SMILES string of the molecule is C=Cc1ccc(COc2ccc(/C(C)=N/O)cc2)cc1. The van der Waals surface area contributed by atoms with Crippen LogP contribution in [0.4, 0.5) is 0 Å². The molecule has 0 atom stereocenters. The average molecular weight is 267 g/mol. The molecule has 0 fully saturated rings. The van der Waals surface area contributed by atoms with E-state index < -0.39 is 0 Å². The van der Waals surface area contributed by atoms with Crippen LogP contribution in [0, 0.1) is 0 Å². The Morgan fingerprint density at radius 2 is 1.80 bits per heavy atom. The minimum atomic E-state index is 0.518. The maximum absolute atomic E-state index is 8.70. The molecule has 3 heteroatoms. The second-order valence-corrected chi connectivity index (χ2v) is 4.44. The van der Waals surface area contributed by atoms with Gasteiger partial charge in [0.1, 0.15) is 12.4 Å². The standard InChI is InChI=1S/C17H17NO2/c1-3-14-4-6-15(7-5-14)12-20-17-10-8-16(9-11-17)13(2)18-19/h3-11,19H,1,12H2,2H3/b18-13+. The van der Waals surface area contributed by atoms with Crippen molar-refractivity contribution in [2.75, 3.05) is 0 Å². The summed E-state index contributed by atoms with van der Waals surface area (Å²) in [5, 5.41) is 11.9. The van der Waals surface area contributed by atoms with Crippen molar-refractivity contribution in [3.63, 3.8) is 0 Å². The Balaban J connectivity index is 1.98. The number of rotatable bonds is 5. The molecule has 0 saturated heterocycles. The Kier molecular flexibility index (Phi) is 4.56. The van der Waals surface area contributed by atoms with Gasteiger partial charge in [0.15, 0.2) is 0 Å². The van der Waals surface area contributed by atoms with Crippen molar-refractivity contribution < 1.29 is 9.94 Å². The first kappa shape index (κ1) is 13.9. The molecule has 0 radical (unpaired) electrons. The van der Waals surface area contributed by atoms with Gasteiger partial charge in [-0.2, -0.15) is 0 Å². The first-order valence-electron chi connectivity index (χ1n) is 6.36. The van der Waals surface area contributed by atoms with Crippen LogP contribution >= 0.6 is 0 Å². The molecule has 0 heterocycles. The summed E-state index contributed by atoms with van der Waals surface area (Å²) in [6.07, 6.45) is 1.81. The van der Waals surface area contributed by atoms with Crippen LogP contribution in [0.5, 0.6) is 5.75 Å². The molecule has 2 aromatic carbocycles. The Bertz CT molecular complexity index is 598. The summed E-state index contributed by atoms with van der Waals surface area (Å²) in [7, 11) is 0. The predicted molar refractivity (Wildman–Crippen MR) is 81.3 cm³/mol. The van der Waals surface area contributed by atoms with Crippen molar-refractivity contribution in [1.82, 2.24) is 0 Å². The van der Waals surface area contributed by atoms with E-state index in [2.05, 4.69) is 11.7 Å². The third-order valence-corrected chi connectivity index (χ3v) is 3.04. The Hall–Kier alpha value is -2.55. The fraction of sp³-hybridized carbons (Fsp3) is 0.118. The summed E-state index contributed by atoms with van der Waals surface area (Å²) in [4.78, 5) is 0. The number of hydrogen-bond donors (Lipinski definition) is 1. The first-order valence-corrected chi connectivity index (χ1v) is 6.36. The zero-order valence-corrected chi connectivity index (χ0v) is 11.4. The van der Waals surface area contributed by atoms with Gasteiger partial charge in [0, 0.05) is 0 Å². The number of ether oxygens (including phenoxy) is 1. The molecule has 20 heavy (non-hydrogen) atoms. The van der Waals surface area contributed by atoms with Gasteiger partial charge in [0.2, 0.25) is 0 Å². The minimum absolute atomic E-state index is 0.518. The maximum atomic E-state index is 8.70. The van der Waals surface area contributed by atoms with Crippen LogP contribution in [-0.4, -0.2) is 10.9 Å². The molecular formula is C17H17NO2. The smallest absolute Gasteiger partial charge is 0.119 e. The summed E-state index contributed by atoms with van der Waals surface area (Å²) in [6.45, 7) is 5.99. The molecule has 102 valence electrons. The van der Waals surface area contributed by atoms with Crippen LogP contribution in [0.2, 0.25) is 0 Å². The van der Waals surface area contributed by atoms with Crippen molar-refractivity contribution in [3.8, 4) is 5.75 Å². The largest absolute Gasteiger partial charge is 0.489 e. The molecule has 0 aliphatic heterocycles. The summed E-state index contributed by atoms with van der Waals surface area (Å²) in [5.41, 5.74) is 3.65. The van der Waals surface area contributed by atoms with E-state index in [9.17, 15) is 0 Å². The highest BCUT2D eigenvalue weighted by atomic mass is 16.5. The van der Waals surface area contributed by atoms with E-state index in [1.807, 2.05) is 54.6 Å². The van der Waals surface area contributed by atoms with Crippen molar-refractivity contribution in [1.29, 1.82) is 0 Å². The minimum Gasteiger partial charge on any atom is -0.489 e. The van der Waals surface area contributed by atoms with Gasteiger partial charge >= 0.3 is 0 Å². The number of nitrogens with zero attached hydrogens (tertiary/aromatic N) is 1. The molecular weight excluding hydrogens is 250 g/mol. The Labute approximate surface area is 118 Å². The average Bonchev–Trinajstić information content (AvgIpc) is 2.53. The molecule has 0 bridgehead atoms. The van der Waals surface area contributed by atoms with Crippen LogP contribution < -0.4 is 4.74 Å². The third-order valence-electron chi connectivity index (χ3n) is 3.04. The lowest BCUT2D eigenvalue weighted by atomic mass is 10.1.